The number of hydrogen-bond acceptors (Lipinski definition) is 4. The van der Waals surface area contributed by atoms with Gasteiger partial charge in [-0.3, -0.25) is 4.79 Å². The number of carbonyl (C=O) groups excluding carboxylic acids is 1. The topological polar surface area (TPSA) is 55.6 Å². The van der Waals surface area contributed by atoms with E-state index in [2.05, 4.69) is 4.90 Å². The summed E-state index contributed by atoms with van der Waals surface area (Å²) in [6.45, 7) is 3.50. The Kier molecular flexibility index (Phi) is 6.52. The molecule has 1 aromatic rings. The maximum absolute atomic E-state index is 12.3. The van der Waals surface area contributed by atoms with Gasteiger partial charge in [-0.1, -0.05) is 18.0 Å². The van der Waals surface area contributed by atoms with Crippen molar-refractivity contribution in [1.29, 1.82) is 0 Å². The molecule has 1 fully saturated rings. The van der Waals surface area contributed by atoms with Crippen molar-refractivity contribution < 1.29 is 9.53 Å². The normalized spacial score (nSPS) is 15.7. The molecule has 0 radical (unpaired) electrons. The number of Topliss-reactive ketones (excluding diaryl/α,β-unsaturated/α-hetero) is 1. The van der Waals surface area contributed by atoms with Crippen molar-refractivity contribution in [3.05, 3.63) is 22.7 Å². The van der Waals surface area contributed by atoms with Gasteiger partial charge in [0.15, 0.2) is 5.78 Å². The molecule has 5 heteroatoms. The molecule has 0 amide bonds. The first-order valence-electron chi connectivity index (χ1n) is 8.00. The zero-order valence-corrected chi connectivity index (χ0v) is 14.0. The van der Waals surface area contributed by atoms with Crippen molar-refractivity contribution in [3.63, 3.8) is 0 Å². The van der Waals surface area contributed by atoms with Crippen LogP contribution in [0.3, 0.4) is 0 Å². The first-order valence-corrected chi connectivity index (χ1v) is 8.38. The fourth-order valence-corrected chi connectivity index (χ4v) is 3.06. The number of ether oxygens (including phenoxy) is 1. The molecule has 122 valence electrons. The molecule has 0 atom stereocenters. The Morgan fingerprint density at radius 1 is 1.27 bits per heavy atom. The van der Waals surface area contributed by atoms with E-state index >= 15 is 0 Å². The molecule has 0 aliphatic carbocycles. The Morgan fingerprint density at radius 2 is 2.00 bits per heavy atom. The van der Waals surface area contributed by atoms with Gasteiger partial charge in [-0.25, -0.2) is 0 Å². The highest BCUT2D eigenvalue weighted by Gasteiger charge is 2.15. The number of carbonyl (C=O) groups is 1. The zero-order valence-electron chi connectivity index (χ0n) is 13.2. The maximum Gasteiger partial charge on any atom is 0.166 e. The highest BCUT2D eigenvalue weighted by atomic mass is 35.5. The molecule has 4 nitrogen and oxygen atoms in total. The average molecular weight is 325 g/mol. The summed E-state index contributed by atoms with van der Waals surface area (Å²) < 4.78 is 5.24. The van der Waals surface area contributed by atoms with Crippen LogP contribution < -0.4 is 10.5 Å². The van der Waals surface area contributed by atoms with Gasteiger partial charge in [-0.05, 0) is 51.4 Å². The molecule has 1 heterocycles. The number of benzene rings is 1. The third-order valence-electron chi connectivity index (χ3n) is 4.20. The van der Waals surface area contributed by atoms with Crippen LogP contribution in [0.25, 0.3) is 0 Å². The van der Waals surface area contributed by atoms with Gasteiger partial charge in [0, 0.05) is 12.5 Å². The predicted octanol–water partition coefficient (Wildman–Crippen LogP) is 3.77. The molecular weight excluding hydrogens is 300 g/mol. The van der Waals surface area contributed by atoms with Gasteiger partial charge in [0.05, 0.1) is 23.4 Å². The first kappa shape index (κ1) is 17.1. The van der Waals surface area contributed by atoms with Crippen LogP contribution in [-0.2, 0) is 0 Å². The summed E-state index contributed by atoms with van der Waals surface area (Å²) >= 11 is 6.01. The molecule has 0 unspecified atom stereocenters. The number of methoxy groups -OCH3 is 1. The quantitative estimate of drug-likeness (QED) is 0.471. The van der Waals surface area contributed by atoms with Crippen LogP contribution in [0.2, 0.25) is 5.02 Å². The van der Waals surface area contributed by atoms with E-state index < -0.39 is 0 Å². The number of halogens is 1. The third kappa shape index (κ3) is 4.62. The van der Waals surface area contributed by atoms with E-state index in [1.54, 1.807) is 12.1 Å². The Morgan fingerprint density at radius 3 is 2.68 bits per heavy atom. The minimum absolute atomic E-state index is 0.0670. The highest BCUT2D eigenvalue weighted by molar-refractivity contribution is 6.33. The van der Waals surface area contributed by atoms with Crippen LogP contribution in [0.1, 0.15) is 48.9 Å². The number of nitrogen functional groups attached to an aromatic ring is 1. The molecule has 1 aliphatic heterocycles. The van der Waals surface area contributed by atoms with Gasteiger partial charge < -0.3 is 15.4 Å². The SMILES string of the molecule is COc1cc(N)c(Cl)cc1C(=O)CCCCN1CCCCC1. The van der Waals surface area contributed by atoms with Gasteiger partial charge >= 0.3 is 0 Å². The van der Waals surface area contributed by atoms with Crippen molar-refractivity contribution in [2.24, 2.45) is 0 Å². The number of ketones is 1. The van der Waals surface area contributed by atoms with Crippen LogP contribution in [0.15, 0.2) is 12.1 Å². The van der Waals surface area contributed by atoms with Gasteiger partial charge in [-0.2, -0.15) is 0 Å². The molecule has 0 aromatic heterocycles. The van der Waals surface area contributed by atoms with E-state index in [-0.39, 0.29) is 5.78 Å². The number of anilines is 1. The van der Waals surface area contributed by atoms with E-state index in [1.165, 1.54) is 39.5 Å². The minimum Gasteiger partial charge on any atom is -0.496 e. The number of nitrogens with two attached hydrogens (primary N) is 1. The van der Waals surface area contributed by atoms with Gasteiger partial charge in [0.25, 0.3) is 0 Å². The van der Waals surface area contributed by atoms with E-state index in [1.807, 2.05) is 0 Å². The first-order chi connectivity index (χ1) is 10.6. The van der Waals surface area contributed by atoms with E-state index in [4.69, 9.17) is 22.1 Å². The fourth-order valence-electron chi connectivity index (χ4n) is 2.89. The van der Waals surface area contributed by atoms with Crippen molar-refractivity contribution in [1.82, 2.24) is 4.90 Å². The number of unbranched alkanes of at least 4 members (excludes halogenated alkanes) is 1. The van der Waals surface area contributed by atoms with Crippen molar-refractivity contribution in [3.8, 4) is 5.75 Å². The summed E-state index contributed by atoms with van der Waals surface area (Å²) in [5.74, 6) is 0.570. The van der Waals surface area contributed by atoms with Crippen molar-refractivity contribution >= 4 is 23.1 Å². The lowest BCUT2D eigenvalue weighted by Crippen LogP contribution is -2.30. The summed E-state index contributed by atoms with van der Waals surface area (Å²) in [6, 6.07) is 3.23. The van der Waals surface area contributed by atoms with E-state index in [0.717, 1.165) is 19.4 Å². The minimum atomic E-state index is 0.0670. The summed E-state index contributed by atoms with van der Waals surface area (Å²) in [6.07, 6.45) is 6.43. The Balaban J connectivity index is 1.83. The highest BCUT2D eigenvalue weighted by Crippen LogP contribution is 2.30. The van der Waals surface area contributed by atoms with Crippen molar-refractivity contribution in [2.75, 3.05) is 32.5 Å². The van der Waals surface area contributed by atoms with E-state index in [9.17, 15) is 4.79 Å². The molecule has 22 heavy (non-hydrogen) atoms. The second kappa shape index (κ2) is 8.39. The molecule has 0 spiro atoms. The number of rotatable bonds is 7. The monoisotopic (exact) mass is 324 g/mol. The lowest BCUT2D eigenvalue weighted by molar-refractivity contribution is 0.0974. The Hall–Kier alpha value is -1.26. The number of likely N-dealkylation sites (tertiary alicyclic amines) is 1. The average Bonchev–Trinajstić information content (AvgIpc) is 2.54. The predicted molar refractivity (Wildman–Crippen MR) is 90.9 cm³/mol. The number of nitrogens with zero attached hydrogens (tertiary/aromatic N) is 1. The molecular formula is C17H25ClN2O2. The lowest BCUT2D eigenvalue weighted by Gasteiger charge is -2.26. The maximum atomic E-state index is 12.3. The summed E-state index contributed by atoms with van der Waals surface area (Å²) in [4.78, 5) is 14.8. The summed E-state index contributed by atoms with van der Waals surface area (Å²) in [5.41, 5.74) is 6.70. The van der Waals surface area contributed by atoms with Crippen LogP contribution >= 0.6 is 11.6 Å². The largest absolute Gasteiger partial charge is 0.496 e. The number of hydrogen-bond donors (Lipinski definition) is 1. The van der Waals surface area contributed by atoms with Crippen molar-refractivity contribution in [2.45, 2.75) is 38.5 Å². The summed E-state index contributed by atoms with van der Waals surface area (Å²) in [5, 5.41) is 0.400. The van der Waals surface area contributed by atoms with Crippen LogP contribution in [0.5, 0.6) is 5.75 Å². The molecule has 0 bridgehead atoms. The summed E-state index contributed by atoms with van der Waals surface area (Å²) in [7, 11) is 1.54. The Labute approximate surface area is 137 Å². The molecule has 1 aliphatic rings. The second-order valence-corrected chi connectivity index (χ2v) is 6.26. The molecule has 2 rings (SSSR count). The zero-order chi connectivity index (χ0) is 15.9. The molecule has 0 saturated carbocycles. The number of piperidine rings is 1. The Bertz CT molecular complexity index is 514. The van der Waals surface area contributed by atoms with Crippen LogP contribution in [0, 0.1) is 0 Å². The molecule has 1 aromatic carbocycles. The van der Waals surface area contributed by atoms with Crippen LogP contribution in [0.4, 0.5) is 5.69 Å². The second-order valence-electron chi connectivity index (χ2n) is 5.86. The molecule has 2 N–H and O–H groups in total. The van der Waals surface area contributed by atoms with Gasteiger partial charge in [-0.15, -0.1) is 0 Å². The third-order valence-corrected chi connectivity index (χ3v) is 4.52. The smallest absolute Gasteiger partial charge is 0.166 e. The van der Waals surface area contributed by atoms with Gasteiger partial charge in [0.2, 0.25) is 0 Å². The van der Waals surface area contributed by atoms with Crippen LogP contribution in [-0.4, -0.2) is 37.4 Å². The van der Waals surface area contributed by atoms with E-state index in [0.29, 0.717) is 28.4 Å². The standard InChI is InChI=1S/C17H25ClN2O2/c1-22-17-12-15(19)14(18)11-13(17)16(21)7-3-6-10-20-8-4-2-5-9-20/h11-12H,2-10,19H2,1H3. The fraction of sp³-hybridized carbons (Fsp3) is 0.588. The molecule has 1 saturated heterocycles. The lowest BCUT2D eigenvalue weighted by atomic mass is 10.0. The van der Waals surface area contributed by atoms with Gasteiger partial charge in [0.1, 0.15) is 5.75 Å².